The van der Waals surface area contributed by atoms with Gasteiger partial charge in [0.2, 0.25) is 0 Å². The summed E-state index contributed by atoms with van der Waals surface area (Å²) in [5.74, 6) is 0. The van der Waals surface area contributed by atoms with E-state index in [9.17, 15) is 5.11 Å². The van der Waals surface area contributed by atoms with Gasteiger partial charge in [0.25, 0.3) is 0 Å². The Bertz CT molecular complexity index is 428. The lowest BCUT2D eigenvalue weighted by molar-refractivity contribution is 0.176. The largest absolute Gasteiger partial charge is 0.393 e. The Hall–Kier alpha value is -1.02. The van der Waals surface area contributed by atoms with Gasteiger partial charge in [0, 0.05) is 11.7 Å². The fourth-order valence-corrected chi connectivity index (χ4v) is 3.33. The van der Waals surface area contributed by atoms with Crippen molar-refractivity contribution in [3.63, 3.8) is 0 Å². The summed E-state index contributed by atoms with van der Waals surface area (Å²) in [5.41, 5.74) is 4.24. The smallest absolute Gasteiger partial charge is 0.0531 e. The number of rotatable bonds is 7. The molecule has 0 saturated heterocycles. The zero-order valence-electron chi connectivity index (χ0n) is 13.7. The van der Waals surface area contributed by atoms with Crippen molar-refractivity contribution in [3.8, 4) is 0 Å². The van der Waals surface area contributed by atoms with E-state index in [1.165, 1.54) is 61.8 Å². The number of hydrogen-bond acceptors (Lipinski definition) is 2. The number of aliphatic hydroxyl groups excluding tert-OH is 1. The molecular weight excluding hydrogens is 258 g/mol. The van der Waals surface area contributed by atoms with Crippen LogP contribution in [0.1, 0.15) is 69.9 Å². The normalized spacial score (nSPS) is 19.5. The summed E-state index contributed by atoms with van der Waals surface area (Å²) in [6, 6.07) is 7.36. The summed E-state index contributed by atoms with van der Waals surface area (Å²) < 4.78 is 0. The topological polar surface area (TPSA) is 32.3 Å². The van der Waals surface area contributed by atoms with E-state index < -0.39 is 0 Å². The number of anilines is 1. The van der Waals surface area contributed by atoms with Crippen LogP contribution < -0.4 is 5.32 Å². The van der Waals surface area contributed by atoms with Gasteiger partial charge < -0.3 is 10.4 Å². The maximum Gasteiger partial charge on any atom is 0.0531 e. The predicted molar refractivity (Wildman–Crippen MR) is 90.9 cm³/mol. The lowest BCUT2D eigenvalue weighted by Gasteiger charge is -2.19. The maximum absolute atomic E-state index is 9.59. The van der Waals surface area contributed by atoms with Crippen molar-refractivity contribution in [2.45, 2.75) is 83.8 Å². The van der Waals surface area contributed by atoms with Gasteiger partial charge >= 0.3 is 0 Å². The molecule has 0 radical (unpaired) electrons. The van der Waals surface area contributed by atoms with Gasteiger partial charge in [-0.25, -0.2) is 0 Å². The van der Waals surface area contributed by atoms with Crippen LogP contribution in [-0.4, -0.2) is 17.3 Å². The van der Waals surface area contributed by atoms with Crippen LogP contribution in [0.5, 0.6) is 0 Å². The third kappa shape index (κ3) is 5.35. The fraction of sp³-hybridized carbons (Fsp3) is 0.684. The highest BCUT2D eigenvalue weighted by molar-refractivity contribution is 5.54. The molecule has 2 atom stereocenters. The molecule has 1 aliphatic rings. The Morgan fingerprint density at radius 2 is 2.14 bits per heavy atom. The Morgan fingerprint density at radius 3 is 2.90 bits per heavy atom. The van der Waals surface area contributed by atoms with Gasteiger partial charge in [-0.05, 0) is 62.6 Å². The van der Waals surface area contributed by atoms with Crippen LogP contribution in [0.3, 0.4) is 0 Å². The molecule has 0 aromatic heterocycles. The molecule has 118 valence electrons. The quantitative estimate of drug-likeness (QED) is 0.713. The minimum Gasteiger partial charge on any atom is -0.393 e. The van der Waals surface area contributed by atoms with Gasteiger partial charge in [-0.15, -0.1) is 0 Å². The van der Waals surface area contributed by atoms with Gasteiger partial charge in [0.15, 0.2) is 0 Å². The fourth-order valence-electron chi connectivity index (χ4n) is 3.33. The van der Waals surface area contributed by atoms with Crippen molar-refractivity contribution in [3.05, 3.63) is 29.3 Å². The van der Waals surface area contributed by atoms with E-state index in [-0.39, 0.29) is 6.10 Å². The van der Waals surface area contributed by atoms with Crippen molar-refractivity contribution in [2.24, 2.45) is 0 Å². The zero-order chi connectivity index (χ0) is 15.1. The average molecular weight is 289 g/mol. The average Bonchev–Trinajstić information content (AvgIpc) is 2.64. The maximum atomic E-state index is 9.59. The van der Waals surface area contributed by atoms with Crippen LogP contribution in [0.4, 0.5) is 5.69 Å². The molecule has 2 unspecified atom stereocenters. The first-order valence-electron chi connectivity index (χ1n) is 8.75. The molecule has 0 saturated carbocycles. The SMILES string of the molecule is CCCCCCc1ccc2c(c1)CCCC(CC(C)O)N2. The molecular formula is C19H31NO. The van der Waals surface area contributed by atoms with E-state index in [0.29, 0.717) is 6.04 Å². The van der Waals surface area contributed by atoms with Crippen molar-refractivity contribution in [2.75, 3.05) is 5.32 Å². The van der Waals surface area contributed by atoms with E-state index in [2.05, 4.69) is 30.4 Å². The molecule has 0 bridgehead atoms. The zero-order valence-corrected chi connectivity index (χ0v) is 13.7. The standard InChI is InChI=1S/C19H31NO/c1-3-4-5-6-8-16-11-12-19-17(14-16)9-7-10-18(20-19)13-15(2)21/h11-12,14-15,18,20-21H,3-10,13H2,1-2H3. The molecule has 1 aromatic rings. The Morgan fingerprint density at radius 1 is 1.29 bits per heavy atom. The molecule has 2 rings (SSSR count). The lowest BCUT2D eigenvalue weighted by Crippen LogP contribution is -2.23. The molecule has 0 amide bonds. The molecule has 1 aliphatic heterocycles. The van der Waals surface area contributed by atoms with Gasteiger partial charge in [-0.2, -0.15) is 0 Å². The third-order valence-electron chi connectivity index (χ3n) is 4.47. The second-order valence-corrected chi connectivity index (χ2v) is 6.62. The molecule has 2 nitrogen and oxygen atoms in total. The van der Waals surface area contributed by atoms with Crippen LogP contribution in [0, 0.1) is 0 Å². The molecule has 2 N–H and O–H groups in total. The highest BCUT2D eigenvalue weighted by atomic mass is 16.3. The summed E-state index contributed by atoms with van der Waals surface area (Å²) in [7, 11) is 0. The molecule has 21 heavy (non-hydrogen) atoms. The molecule has 0 spiro atoms. The second kappa shape index (κ2) is 8.43. The van der Waals surface area contributed by atoms with Gasteiger partial charge in [-0.3, -0.25) is 0 Å². The van der Waals surface area contributed by atoms with E-state index in [4.69, 9.17) is 0 Å². The number of aryl methyl sites for hydroxylation is 2. The van der Waals surface area contributed by atoms with Crippen molar-refractivity contribution < 1.29 is 5.11 Å². The van der Waals surface area contributed by atoms with E-state index in [0.717, 1.165) is 12.8 Å². The van der Waals surface area contributed by atoms with Crippen molar-refractivity contribution >= 4 is 5.69 Å². The summed E-state index contributed by atoms with van der Waals surface area (Å²) in [5, 5.41) is 13.2. The first-order chi connectivity index (χ1) is 10.2. The van der Waals surface area contributed by atoms with Crippen LogP contribution in [0.2, 0.25) is 0 Å². The van der Waals surface area contributed by atoms with Gasteiger partial charge in [0.05, 0.1) is 6.10 Å². The number of benzene rings is 1. The van der Waals surface area contributed by atoms with Crippen molar-refractivity contribution in [1.29, 1.82) is 0 Å². The minimum atomic E-state index is -0.220. The monoisotopic (exact) mass is 289 g/mol. The van der Waals surface area contributed by atoms with E-state index in [1.807, 2.05) is 6.92 Å². The van der Waals surface area contributed by atoms with Gasteiger partial charge in [0.1, 0.15) is 0 Å². The molecule has 0 aliphatic carbocycles. The summed E-state index contributed by atoms with van der Waals surface area (Å²) in [4.78, 5) is 0. The Balaban J connectivity index is 1.95. The van der Waals surface area contributed by atoms with E-state index in [1.54, 1.807) is 0 Å². The Kier molecular flexibility index (Phi) is 6.56. The highest BCUT2D eigenvalue weighted by Gasteiger charge is 2.17. The number of hydrogen-bond donors (Lipinski definition) is 2. The predicted octanol–water partition coefficient (Wildman–Crippen LogP) is 4.70. The minimum absolute atomic E-state index is 0.220. The summed E-state index contributed by atoms with van der Waals surface area (Å²) >= 11 is 0. The second-order valence-electron chi connectivity index (χ2n) is 6.62. The van der Waals surface area contributed by atoms with Crippen LogP contribution in [-0.2, 0) is 12.8 Å². The van der Waals surface area contributed by atoms with Crippen molar-refractivity contribution in [1.82, 2.24) is 0 Å². The first-order valence-corrected chi connectivity index (χ1v) is 8.75. The first kappa shape index (κ1) is 16.4. The number of fused-ring (bicyclic) bond motifs is 1. The lowest BCUT2D eigenvalue weighted by atomic mass is 10.0. The van der Waals surface area contributed by atoms with Crippen LogP contribution in [0.15, 0.2) is 18.2 Å². The van der Waals surface area contributed by atoms with Crippen LogP contribution >= 0.6 is 0 Å². The molecule has 1 heterocycles. The summed E-state index contributed by atoms with van der Waals surface area (Å²) in [6.45, 7) is 4.14. The highest BCUT2D eigenvalue weighted by Crippen LogP contribution is 2.27. The summed E-state index contributed by atoms with van der Waals surface area (Å²) in [6.07, 6.45) is 10.7. The van der Waals surface area contributed by atoms with Crippen LogP contribution in [0.25, 0.3) is 0 Å². The van der Waals surface area contributed by atoms with Gasteiger partial charge in [-0.1, -0.05) is 38.3 Å². The Labute approximate surface area is 130 Å². The molecule has 1 aromatic carbocycles. The number of nitrogens with one attached hydrogen (secondary N) is 1. The van der Waals surface area contributed by atoms with E-state index >= 15 is 0 Å². The third-order valence-corrected chi connectivity index (χ3v) is 4.47. The number of unbranched alkanes of at least 4 members (excludes halogenated alkanes) is 3. The number of aliphatic hydroxyl groups is 1. The molecule has 2 heteroatoms. The molecule has 0 fully saturated rings.